The van der Waals surface area contributed by atoms with Crippen LogP contribution in [0.4, 0.5) is 0 Å². The summed E-state index contributed by atoms with van der Waals surface area (Å²) in [5.41, 5.74) is 1.83. The van der Waals surface area contributed by atoms with E-state index in [-0.39, 0.29) is 0 Å². The second-order valence-electron chi connectivity index (χ2n) is 4.27. The van der Waals surface area contributed by atoms with E-state index in [0.717, 1.165) is 36.3 Å². The fourth-order valence-electron chi connectivity index (χ4n) is 1.92. The molecule has 0 bridgehead atoms. The molecule has 2 rings (SSSR count). The molecule has 5 nitrogen and oxygen atoms in total. The molecule has 0 aliphatic carbocycles. The summed E-state index contributed by atoms with van der Waals surface area (Å²) in [5, 5.41) is 0. The van der Waals surface area contributed by atoms with Crippen LogP contribution in [0.1, 0.15) is 19.2 Å². The Morgan fingerprint density at radius 2 is 1.84 bits per heavy atom. The van der Waals surface area contributed by atoms with Crippen LogP contribution in [0.15, 0.2) is 12.1 Å². The topological polar surface area (TPSA) is 56.4 Å². The van der Waals surface area contributed by atoms with E-state index in [4.69, 9.17) is 14.2 Å². The van der Waals surface area contributed by atoms with E-state index in [2.05, 4.69) is 16.9 Å². The van der Waals surface area contributed by atoms with E-state index in [1.54, 1.807) is 14.2 Å². The van der Waals surface area contributed by atoms with Gasteiger partial charge in [-0.3, -0.25) is 0 Å². The highest BCUT2D eigenvalue weighted by molar-refractivity contribution is 5.79. The van der Waals surface area contributed by atoms with Gasteiger partial charge in [-0.2, -0.15) is 0 Å². The molecule has 104 valence electrons. The Morgan fingerprint density at radius 3 is 2.53 bits per heavy atom. The second-order valence-corrected chi connectivity index (χ2v) is 4.27. The molecule has 0 aliphatic rings. The highest BCUT2D eigenvalue weighted by atomic mass is 16.5. The van der Waals surface area contributed by atoms with Crippen molar-refractivity contribution in [1.82, 2.24) is 9.97 Å². The van der Waals surface area contributed by atoms with E-state index < -0.39 is 0 Å². The van der Waals surface area contributed by atoms with Crippen molar-refractivity contribution in [2.24, 2.45) is 0 Å². The molecule has 0 radical (unpaired) electrons. The molecule has 1 N–H and O–H groups in total. The number of fused-ring (bicyclic) bond motifs is 1. The minimum atomic E-state index is 0.682. The van der Waals surface area contributed by atoms with E-state index in [1.807, 2.05) is 12.1 Å². The minimum Gasteiger partial charge on any atom is -0.493 e. The first-order valence-corrected chi connectivity index (χ1v) is 6.46. The summed E-state index contributed by atoms with van der Waals surface area (Å²) in [5.74, 6) is 2.31. The number of benzene rings is 1. The maximum absolute atomic E-state index is 5.46. The van der Waals surface area contributed by atoms with Gasteiger partial charge in [-0.1, -0.05) is 6.92 Å². The van der Waals surface area contributed by atoms with Crippen molar-refractivity contribution in [3.8, 4) is 11.5 Å². The maximum atomic E-state index is 5.46. The fourth-order valence-corrected chi connectivity index (χ4v) is 1.92. The minimum absolute atomic E-state index is 0.682. The van der Waals surface area contributed by atoms with Crippen LogP contribution in [0.25, 0.3) is 11.0 Å². The molecule has 1 aromatic heterocycles. The molecule has 0 unspecified atom stereocenters. The predicted octanol–water partition coefficient (Wildman–Crippen LogP) is 2.55. The van der Waals surface area contributed by atoms with Crippen molar-refractivity contribution in [2.45, 2.75) is 19.8 Å². The summed E-state index contributed by atoms with van der Waals surface area (Å²) >= 11 is 0. The number of imidazole rings is 1. The zero-order valence-electron chi connectivity index (χ0n) is 11.7. The standard InChI is InChI=1S/C14H20N2O3/c1-4-6-19-7-5-14-15-10-8-12(17-2)13(18-3)9-11(10)16-14/h8-9H,4-7H2,1-3H3,(H,15,16). The van der Waals surface area contributed by atoms with Gasteiger partial charge in [0.25, 0.3) is 0 Å². The van der Waals surface area contributed by atoms with E-state index in [1.165, 1.54) is 0 Å². The van der Waals surface area contributed by atoms with Gasteiger partial charge < -0.3 is 19.2 Å². The number of rotatable bonds is 7. The number of nitrogens with one attached hydrogen (secondary N) is 1. The Hall–Kier alpha value is -1.75. The van der Waals surface area contributed by atoms with Crippen LogP contribution in [0.2, 0.25) is 0 Å². The molecule has 0 saturated carbocycles. The number of hydrogen-bond donors (Lipinski definition) is 1. The van der Waals surface area contributed by atoms with Gasteiger partial charge in [0.1, 0.15) is 5.82 Å². The molecule has 0 saturated heterocycles. The van der Waals surface area contributed by atoms with Gasteiger partial charge in [-0.05, 0) is 6.42 Å². The molecule has 1 aromatic carbocycles. The first-order valence-electron chi connectivity index (χ1n) is 6.46. The molecule has 0 atom stereocenters. The third-order valence-electron chi connectivity index (χ3n) is 2.87. The fraction of sp³-hybridized carbons (Fsp3) is 0.500. The average Bonchev–Trinajstić information content (AvgIpc) is 2.83. The van der Waals surface area contributed by atoms with Crippen LogP contribution in [0, 0.1) is 0 Å². The molecule has 0 aliphatic heterocycles. The Kier molecular flexibility index (Phi) is 4.63. The summed E-state index contributed by atoms with van der Waals surface area (Å²) in [6.45, 7) is 3.57. The first kappa shape index (κ1) is 13.7. The number of H-pyrrole nitrogens is 1. The number of ether oxygens (including phenoxy) is 3. The number of hydrogen-bond acceptors (Lipinski definition) is 4. The highest BCUT2D eigenvalue weighted by Crippen LogP contribution is 2.30. The molecule has 19 heavy (non-hydrogen) atoms. The number of methoxy groups -OCH3 is 2. The number of nitrogens with zero attached hydrogens (tertiary/aromatic N) is 1. The smallest absolute Gasteiger partial charge is 0.163 e. The summed E-state index contributed by atoms with van der Waals surface area (Å²) in [6.07, 6.45) is 1.81. The second kappa shape index (κ2) is 6.43. The molecule has 2 aromatic rings. The maximum Gasteiger partial charge on any atom is 0.163 e. The van der Waals surface area contributed by atoms with Crippen LogP contribution < -0.4 is 9.47 Å². The zero-order valence-corrected chi connectivity index (χ0v) is 11.7. The van der Waals surface area contributed by atoms with Crippen molar-refractivity contribution in [1.29, 1.82) is 0 Å². The van der Waals surface area contributed by atoms with Crippen LogP contribution >= 0.6 is 0 Å². The third kappa shape index (κ3) is 3.17. The monoisotopic (exact) mass is 264 g/mol. The normalized spacial score (nSPS) is 10.9. The Balaban J connectivity index is 2.15. The lowest BCUT2D eigenvalue weighted by Gasteiger charge is -2.06. The quantitative estimate of drug-likeness (QED) is 0.781. The van der Waals surface area contributed by atoms with Gasteiger partial charge in [0.15, 0.2) is 11.5 Å². The molecule has 0 spiro atoms. The summed E-state index contributed by atoms with van der Waals surface area (Å²) < 4.78 is 16.0. The lowest BCUT2D eigenvalue weighted by Crippen LogP contribution is -2.00. The van der Waals surface area contributed by atoms with Crippen LogP contribution in [0.3, 0.4) is 0 Å². The van der Waals surface area contributed by atoms with Crippen molar-refractivity contribution < 1.29 is 14.2 Å². The van der Waals surface area contributed by atoms with Crippen LogP contribution in [-0.2, 0) is 11.2 Å². The van der Waals surface area contributed by atoms with Gasteiger partial charge in [-0.15, -0.1) is 0 Å². The Morgan fingerprint density at radius 1 is 1.11 bits per heavy atom. The molecule has 5 heteroatoms. The lowest BCUT2D eigenvalue weighted by molar-refractivity contribution is 0.137. The largest absolute Gasteiger partial charge is 0.493 e. The first-order chi connectivity index (χ1) is 9.28. The molecular weight excluding hydrogens is 244 g/mol. The van der Waals surface area contributed by atoms with Crippen molar-refractivity contribution in [3.05, 3.63) is 18.0 Å². The van der Waals surface area contributed by atoms with E-state index in [9.17, 15) is 0 Å². The van der Waals surface area contributed by atoms with E-state index in [0.29, 0.717) is 18.1 Å². The Bertz CT molecular complexity index is 496. The molecule has 0 amide bonds. The number of aromatic amines is 1. The Labute approximate surface area is 112 Å². The van der Waals surface area contributed by atoms with Crippen LogP contribution in [0.5, 0.6) is 11.5 Å². The summed E-state index contributed by atoms with van der Waals surface area (Å²) in [4.78, 5) is 7.80. The molecular formula is C14H20N2O3. The van der Waals surface area contributed by atoms with Gasteiger partial charge in [-0.25, -0.2) is 4.98 Å². The van der Waals surface area contributed by atoms with E-state index >= 15 is 0 Å². The predicted molar refractivity (Wildman–Crippen MR) is 74.0 cm³/mol. The molecule has 1 heterocycles. The van der Waals surface area contributed by atoms with Gasteiger partial charge in [0.2, 0.25) is 0 Å². The third-order valence-corrected chi connectivity index (χ3v) is 2.87. The molecule has 0 fully saturated rings. The van der Waals surface area contributed by atoms with Crippen molar-refractivity contribution in [2.75, 3.05) is 27.4 Å². The SMILES string of the molecule is CCCOCCc1nc2cc(OC)c(OC)cc2[nH]1. The average molecular weight is 264 g/mol. The lowest BCUT2D eigenvalue weighted by atomic mass is 10.3. The summed E-state index contributed by atoms with van der Waals surface area (Å²) in [7, 11) is 3.25. The van der Waals surface area contributed by atoms with Crippen molar-refractivity contribution in [3.63, 3.8) is 0 Å². The highest BCUT2D eigenvalue weighted by Gasteiger charge is 2.09. The summed E-state index contributed by atoms with van der Waals surface area (Å²) in [6, 6.07) is 3.78. The zero-order chi connectivity index (χ0) is 13.7. The van der Waals surface area contributed by atoms with Crippen LogP contribution in [-0.4, -0.2) is 37.4 Å². The van der Waals surface area contributed by atoms with Gasteiger partial charge in [0.05, 0.1) is 31.9 Å². The van der Waals surface area contributed by atoms with Gasteiger partial charge >= 0.3 is 0 Å². The van der Waals surface area contributed by atoms with Gasteiger partial charge in [0, 0.05) is 25.2 Å². The van der Waals surface area contributed by atoms with Crippen molar-refractivity contribution >= 4 is 11.0 Å². The number of aromatic nitrogens is 2.